The molecular formula is C42H52N4O4PS+. The maximum atomic E-state index is 13.9. The molecule has 1 aliphatic rings. The van der Waals surface area contributed by atoms with Crippen LogP contribution in [-0.4, -0.2) is 62.1 Å². The fourth-order valence-corrected chi connectivity index (χ4v) is 10.5. The zero-order valence-electron chi connectivity index (χ0n) is 31.4. The Morgan fingerprint density at radius 3 is 1.73 bits per heavy atom. The molecule has 0 aromatic heterocycles. The Bertz CT molecular complexity index is 1690. The molecule has 10 heteroatoms. The maximum Gasteiger partial charge on any atom is 0.245 e. The number of hydrogen-bond acceptors (Lipinski definition) is 6. The summed E-state index contributed by atoms with van der Waals surface area (Å²) in [5.74, 6) is 2.33. The number of likely N-dealkylation sites (N-methyl/N-ethyl adjacent to an activating group) is 1. The quantitative estimate of drug-likeness (QED) is 0.122. The number of benzene rings is 4. The van der Waals surface area contributed by atoms with Crippen molar-refractivity contribution < 1.29 is 19.0 Å². The van der Waals surface area contributed by atoms with E-state index in [1.165, 1.54) is 0 Å². The molecule has 1 fully saturated rings. The molecule has 2 atom stereocenters. The van der Waals surface area contributed by atoms with Gasteiger partial charge in [-0.2, -0.15) is 0 Å². The molecule has 0 saturated heterocycles. The molecule has 2 unspecified atom stereocenters. The molecule has 0 radical (unpaired) electrons. The third-order valence-corrected chi connectivity index (χ3v) is 13.5. The average molecular weight is 740 g/mol. The first-order valence-corrected chi connectivity index (χ1v) is 19.9. The van der Waals surface area contributed by atoms with Crippen LogP contribution < -0.4 is 40.8 Å². The lowest BCUT2D eigenvalue weighted by Gasteiger charge is -2.35. The van der Waals surface area contributed by atoms with E-state index in [4.69, 9.17) is 31.2 Å². The van der Waals surface area contributed by atoms with Crippen molar-refractivity contribution in [3.8, 4) is 17.2 Å². The van der Waals surface area contributed by atoms with Crippen molar-refractivity contribution in [2.75, 3.05) is 28.4 Å². The molecule has 8 nitrogen and oxygen atoms in total. The fraction of sp³-hybridized carbons (Fsp3) is 0.357. The van der Waals surface area contributed by atoms with E-state index in [-0.39, 0.29) is 11.9 Å². The van der Waals surface area contributed by atoms with Crippen molar-refractivity contribution in [1.29, 1.82) is 0 Å². The van der Waals surface area contributed by atoms with Gasteiger partial charge >= 0.3 is 0 Å². The molecule has 5 rings (SSSR count). The normalized spacial score (nSPS) is 16.1. The largest absolute Gasteiger partial charge is 0.497 e. The van der Waals surface area contributed by atoms with Crippen molar-refractivity contribution in [2.24, 2.45) is 10.2 Å². The van der Waals surface area contributed by atoms with Crippen LogP contribution in [0.1, 0.15) is 52.0 Å². The third-order valence-electron chi connectivity index (χ3n) is 9.53. The highest BCUT2D eigenvalue weighted by atomic mass is 32.1. The second kappa shape index (κ2) is 17.4. The van der Waals surface area contributed by atoms with E-state index in [9.17, 15) is 4.79 Å². The lowest BCUT2D eigenvalue weighted by molar-refractivity contribution is -0.134. The third kappa shape index (κ3) is 9.12. The molecule has 0 heterocycles. The molecule has 0 bridgehead atoms. The van der Waals surface area contributed by atoms with Crippen LogP contribution in [0.3, 0.4) is 0 Å². The molecule has 1 amide bonds. The number of nitrogens with zero attached hydrogens (tertiary/aromatic N) is 2. The number of carbonyl (C=O) groups is 1. The van der Waals surface area contributed by atoms with E-state index >= 15 is 0 Å². The molecular weight excluding hydrogens is 688 g/mol. The maximum absolute atomic E-state index is 13.9. The second-order valence-corrected chi connectivity index (χ2v) is 17.6. The van der Waals surface area contributed by atoms with Crippen LogP contribution in [0.4, 0.5) is 0 Å². The minimum Gasteiger partial charge on any atom is -0.497 e. The predicted molar refractivity (Wildman–Crippen MR) is 220 cm³/mol. The summed E-state index contributed by atoms with van der Waals surface area (Å²) >= 11 is 5.99. The summed E-state index contributed by atoms with van der Waals surface area (Å²) in [6, 6.07) is 34.2. The summed E-state index contributed by atoms with van der Waals surface area (Å²) < 4.78 is 22.6. The molecule has 0 spiro atoms. The summed E-state index contributed by atoms with van der Waals surface area (Å²) in [6.07, 6.45) is 3.76. The summed E-state index contributed by atoms with van der Waals surface area (Å²) in [6.45, 7) is 6.70. The van der Waals surface area contributed by atoms with E-state index in [0.717, 1.165) is 70.1 Å². The molecule has 1 saturated carbocycles. The van der Waals surface area contributed by atoms with Crippen LogP contribution in [-0.2, 0) is 11.3 Å². The van der Waals surface area contributed by atoms with Crippen LogP contribution in [0.15, 0.2) is 108 Å². The number of thiocarbonyl (C=S) groups is 1. The highest BCUT2D eigenvalue weighted by Crippen LogP contribution is 2.58. The second-order valence-electron chi connectivity index (χ2n) is 14.2. The first kappa shape index (κ1) is 38.8. The van der Waals surface area contributed by atoms with E-state index in [1.54, 1.807) is 26.2 Å². The van der Waals surface area contributed by atoms with Gasteiger partial charge in [-0.3, -0.25) is 4.79 Å². The Hall–Kier alpha value is -4.46. The van der Waals surface area contributed by atoms with Gasteiger partial charge < -0.3 is 29.7 Å². The molecule has 4 aromatic carbocycles. The van der Waals surface area contributed by atoms with Gasteiger partial charge in [-0.1, -0.05) is 57.5 Å². The monoisotopic (exact) mass is 739 g/mol. The highest BCUT2D eigenvalue weighted by molar-refractivity contribution is 7.94. The van der Waals surface area contributed by atoms with Crippen molar-refractivity contribution in [3.05, 3.63) is 109 Å². The topological polar surface area (TPSA) is 84.4 Å². The Balaban J connectivity index is 1.53. The fourth-order valence-electron chi connectivity index (χ4n) is 6.61. The lowest BCUT2D eigenvalue weighted by Crippen LogP contribution is -2.58. The van der Waals surface area contributed by atoms with E-state index < -0.39 is 18.9 Å². The molecule has 274 valence electrons. The first-order valence-electron chi connectivity index (χ1n) is 17.8. The Labute approximate surface area is 315 Å². The summed E-state index contributed by atoms with van der Waals surface area (Å²) in [4.78, 5) is 15.7. The van der Waals surface area contributed by atoms with Gasteiger partial charge in [0.05, 0.1) is 33.1 Å². The van der Waals surface area contributed by atoms with Crippen molar-refractivity contribution in [2.45, 2.75) is 65.1 Å². The van der Waals surface area contributed by atoms with Crippen LogP contribution >= 0.6 is 19.6 Å². The number of methoxy groups -OCH3 is 3. The van der Waals surface area contributed by atoms with Crippen molar-refractivity contribution in [1.82, 2.24) is 15.5 Å². The van der Waals surface area contributed by atoms with Gasteiger partial charge in [-0.05, 0) is 115 Å². The zero-order valence-corrected chi connectivity index (χ0v) is 33.1. The van der Waals surface area contributed by atoms with E-state index in [2.05, 4.69) is 67.8 Å². The minimum absolute atomic E-state index is 0.0125. The van der Waals surface area contributed by atoms with Gasteiger partial charge in [0.1, 0.15) is 39.2 Å². The number of carbonyl (C=O) groups excluding carboxylic acids is 1. The molecule has 52 heavy (non-hydrogen) atoms. The predicted octanol–water partition coefficient (Wildman–Crippen LogP) is 6.84. The van der Waals surface area contributed by atoms with Crippen LogP contribution in [0, 0.1) is 5.41 Å². The number of rotatable bonds is 12. The van der Waals surface area contributed by atoms with Crippen LogP contribution in [0.2, 0.25) is 0 Å². The Kier molecular flexibility index (Phi) is 12.9. The minimum atomic E-state index is -2.65. The SMILES string of the molecule is COc1ccc([P+](N=C2CCCCC2NC(=S)NC(C(=O)N(C)Cc2ccccc2)C(C)(C)C)(c2ccc(OC)cc2)c2ccc(OC)cc2)cc1. The van der Waals surface area contributed by atoms with Gasteiger partial charge in [0, 0.05) is 13.6 Å². The summed E-state index contributed by atoms with van der Waals surface area (Å²) in [5, 5.41) is 10.8. The van der Waals surface area contributed by atoms with Crippen LogP contribution in [0.25, 0.3) is 0 Å². The van der Waals surface area contributed by atoms with Gasteiger partial charge in [-0.25, -0.2) is 0 Å². The molecule has 1 aliphatic carbocycles. The van der Waals surface area contributed by atoms with Gasteiger partial charge in [0.25, 0.3) is 0 Å². The molecule has 4 aromatic rings. The van der Waals surface area contributed by atoms with Gasteiger partial charge in [-0.15, -0.1) is 4.76 Å². The Morgan fingerprint density at radius 2 is 1.29 bits per heavy atom. The molecule has 0 aliphatic heterocycles. The van der Waals surface area contributed by atoms with Crippen LogP contribution in [0.5, 0.6) is 17.2 Å². The number of nitrogens with one attached hydrogen (secondary N) is 2. The van der Waals surface area contributed by atoms with Gasteiger partial charge in [0.15, 0.2) is 5.11 Å². The van der Waals surface area contributed by atoms with Crippen molar-refractivity contribution in [3.63, 3.8) is 0 Å². The zero-order chi connectivity index (χ0) is 37.3. The van der Waals surface area contributed by atoms with E-state index in [0.29, 0.717) is 11.7 Å². The smallest absolute Gasteiger partial charge is 0.245 e. The number of ether oxygens (including phenoxy) is 3. The van der Waals surface area contributed by atoms with Gasteiger partial charge in [0.2, 0.25) is 13.3 Å². The molecule has 2 N–H and O–H groups in total. The first-order chi connectivity index (χ1) is 25.0. The van der Waals surface area contributed by atoms with Crippen molar-refractivity contribution >= 4 is 52.3 Å². The average Bonchev–Trinajstić information content (AvgIpc) is 3.16. The standard InChI is InChI=1S/C42H51N4O4PS/c1-42(2,3)39(40(47)46(4)29-30-13-9-8-10-14-30)44-41(52)43-37-15-11-12-16-38(37)45-51(34-23-17-31(48-5)18-24-34,35-25-19-32(49-6)20-26-35)36-27-21-33(50-7)22-28-36/h8-10,13-14,17-28,37,39H,11-12,15-16,29H2,1-7H3,(H-,43,44,52)/p+1. The Morgan fingerprint density at radius 1 is 0.808 bits per heavy atom. The number of hydrogen-bond donors (Lipinski definition) is 2. The lowest BCUT2D eigenvalue weighted by atomic mass is 9.85. The summed E-state index contributed by atoms with van der Waals surface area (Å²) in [5.41, 5.74) is 1.74. The highest BCUT2D eigenvalue weighted by Gasteiger charge is 2.48. The number of amides is 1. The van der Waals surface area contributed by atoms with E-state index in [1.807, 2.05) is 73.8 Å². The summed E-state index contributed by atoms with van der Waals surface area (Å²) in [7, 11) is 4.23.